The van der Waals surface area contributed by atoms with Gasteiger partial charge in [-0.2, -0.15) is 0 Å². The summed E-state index contributed by atoms with van der Waals surface area (Å²) in [5.41, 5.74) is 7.31. The Morgan fingerprint density at radius 3 is 2.47 bits per heavy atom. The minimum Gasteiger partial charge on any atom is -0.397 e. The van der Waals surface area contributed by atoms with Gasteiger partial charge in [0, 0.05) is 11.1 Å². The van der Waals surface area contributed by atoms with E-state index < -0.39 is 11.6 Å². The summed E-state index contributed by atoms with van der Waals surface area (Å²) in [4.78, 5) is 0. The summed E-state index contributed by atoms with van der Waals surface area (Å²) in [7, 11) is 0. The van der Waals surface area contributed by atoms with Crippen LogP contribution in [0.1, 0.15) is 5.56 Å². The van der Waals surface area contributed by atoms with Crippen LogP contribution in [-0.4, -0.2) is 0 Å². The zero-order valence-electron chi connectivity index (χ0n) is 9.10. The van der Waals surface area contributed by atoms with Crippen LogP contribution in [0.25, 0.3) is 11.1 Å². The van der Waals surface area contributed by atoms with Gasteiger partial charge in [-0.25, -0.2) is 8.78 Å². The number of halogens is 3. The monoisotopic (exact) mass is 253 g/mol. The van der Waals surface area contributed by atoms with E-state index in [2.05, 4.69) is 0 Å². The van der Waals surface area contributed by atoms with Crippen molar-refractivity contribution in [2.24, 2.45) is 0 Å². The van der Waals surface area contributed by atoms with Gasteiger partial charge >= 0.3 is 0 Å². The normalized spacial score (nSPS) is 10.6. The Labute approximate surface area is 103 Å². The average molecular weight is 254 g/mol. The molecule has 2 aromatic rings. The Bertz CT molecular complexity index is 582. The molecule has 0 heterocycles. The van der Waals surface area contributed by atoms with E-state index in [4.69, 9.17) is 17.3 Å². The summed E-state index contributed by atoms with van der Waals surface area (Å²) in [6.07, 6.45) is 0. The third kappa shape index (κ3) is 2.24. The molecule has 0 aliphatic heterocycles. The lowest BCUT2D eigenvalue weighted by molar-refractivity contribution is 0.625. The molecule has 0 bridgehead atoms. The van der Waals surface area contributed by atoms with Crippen LogP contribution in [0, 0.1) is 18.6 Å². The second-order valence-corrected chi connectivity index (χ2v) is 4.24. The van der Waals surface area contributed by atoms with Crippen LogP contribution >= 0.6 is 11.6 Å². The van der Waals surface area contributed by atoms with Crippen molar-refractivity contribution in [2.75, 3.05) is 5.73 Å². The molecule has 0 atom stereocenters. The average Bonchev–Trinajstić information content (AvgIpc) is 2.27. The molecule has 88 valence electrons. The molecule has 0 spiro atoms. The number of nitrogen functional groups attached to an aromatic ring is 1. The lowest BCUT2D eigenvalue weighted by Gasteiger charge is -2.09. The first-order valence-electron chi connectivity index (χ1n) is 5.00. The highest BCUT2D eigenvalue weighted by Crippen LogP contribution is 2.34. The molecule has 0 saturated carbocycles. The zero-order chi connectivity index (χ0) is 12.6. The topological polar surface area (TPSA) is 26.0 Å². The maximum absolute atomic E-state index is 13.7. The van der Waals surface area contributed by atoms with Crippen molar-refractivity contribution >= 4 is 17.3 Å². The van der Waals surface area contributed by atoms with Gasteiger partial charge in [0.25, 0.3) is 0 Å². The van der Waals surface area contributed by atoms with Gasteiger partial charge in [0.05, 0.1) is 10.7 Å². The van der Waals surface area contributed by atoms with Crippen LogP contribution in [-0.2, 0) is 0 Å². The molecule has 0 amide bonds. The molecule has 4 heteroatoms. The van der Waals surface area contributed by atoms with Crippen LogP contribution in [0.4, 0.5) is 14.5 Å². The maximum atomic E-state index is 13.7. The second-order valence-electron chi connectivity index (χ2n) is 3.83. The van der Waals surface area contributed by atoms with Gasteiger partial charge in [-0.1, -0.05) is 23.2 Å². The minimum absolute atomic E-state index is 0.0842. The molecular formula is C13H10ClF2N. The minimum atomic E-state index is -0.542. The van der Waals surface area contributed by atoms with Gasteiger partial charge in [0.2, 0.25) is 0 Å². The molecule has 2 N–H and O–H groups in total. The van der Waals surface area contributed by atoms with E-state index >= 15 is 0 Å². The molecule has 17 heavy (non-hydrogen) atoms. The fourth-order valence-corrected chi connectivity index (χ4v) is 1.86. The number of nitrogens with two attached hydrogens (primary N) is 1. The molecule has 0 aromatic heterocycles. The fourth-order valence-electron chi connectivity index (χ4n) is 1.65. The van der Waals surface area contributed by atoms with E-state index in [1.54, 1.807) is 12.1 Å². The Morgan fingerprint density at radius 2 is 1.76 bits per heavy atom. The lowest BCUT2D eigenvalue weighted by atomic mass is 10.0. The number of hydrogen-bond acceptors (Lipinski definition) is 1. The van der Waals surface area contributed by atoms with Crippen LogP contribution < -0.4 is 5.73 Å². The van der Waals surface area contributed by atoms with Crippen LogP contribution in [0.2, 0.25) is 5.02 Å². The molecule has 0 radical (unpaired) electrons. The first kappa shape index (κ1) is 11.9. The quantitative estimate of drug-likeness (QED) is 0.758. The van der Waals surface area contributed by atoms with Gasteiger partial charge in [-0.3, -0.25) is 0 Å². The molecule has 1 nitrogen and oxygen atoms in total. The van der Waals surface area contributed by atoms with Gasteiger partial charge < -0.3 is 5.73 Å². The van der Waals surface area contributed by atoms with Gasteiger partial charge in [0.1, 0.15) is 11.6 Å². The van der Waals surface area contributed by atoms with E-state index in [0.717, 1.165) is 11.6 Å². The zero-order valence-corrected chi connectivity index (χ0v) is 9.85. The van der Waals surface area contributed by atoms with E-state index in [9.17, 15) is 8.78 Å². The highest BCUT2D eigenvalue weighted by Gasteiger charge is 2.12. The van der Waals surface area contributed by atoms with E-state index in [-0.39, 0.29) is 21.8 Å². The first-order valence-corrected chi connectivity index (χ1v) is 5.38. The van der Waals surface area contributed by atoms with Gasteiger partial charge in [-0.05, 0) is 31.2 Å². The lowest BCUT2D eigenvalue weighted by Crippen LogP contribution is -1.95. The summed E-state index contributed by atoms with van der Waals surface area (Å²) >= 11 is 5.77. The van der Waals surface area contributed by atoms with Crippen LogP contribution in [0.5, 0.6) is 0 Å². The number of hydrogen-bond donors (Lipinski definition) is 1. The predicted octanol–water partition coefficient (Wildman–Crippen LogP) is 4.18. The molecule has 0 unspecified atom stereocenters. The second kappa shape index (κ2) is 4.34. The third-order valence-corrected chi connectivity index (χ3v) is 2.82. The molecular weight excluding hydrogens is 244 g/mol. The number of rotatable bonds is 1. The number of benzene rings is 2. The summed E-state index contributed by atoms with van der Waals surface area (Å²) in [5, 5.41) is 0.0842. The van der Waals surface area contributed by atoms with Crippen LogP contribution in [0.3, 0.4) is 0 Å². The molecule has 0 aliphatic carbocycles. The maximum Gasteiger partial charge on any atom is 0.131 e. The smallest absolute Gasteiger partial charge is 0.131 e. The summed E-state index contributed by atoms with van der Waals surface area (Å²) in [6.45, 7) is 1.82. The Kier molecular flexibility index (Phi) is 3.03. The summed E-state index contributed by atoms with van der Waals surface area (Å²) < 4.78 is 26.9. The van der Waals surface area contributed by atoms with Crippen molar-refractivity contribution in [3.05, 3.63) is 52.6 Å². The molecule has 0 saturated heterocycles. The molecule has 2 aromatic carbocycles. The standard InChI is InChI=1S/C13H10ClF2N/c1-7-2-3-12(16)9(4-7)10-5-8(15)6-11(14)13(10)17/h2-6H,17H2,1H3. The highest BCUT2D eigenvalue weighted by molar-refractivity contribution is 6.33. The van der Waals surface area contributed by atoms with E-state index in [1.165, 1.54) is 12.1 Å². The Balaban J connectivity index is 2.72. The van der Waals surface area contributed by atoms with Crippen molar-refractivity contribution in [2.45, 2.75) is 6.92 Å². The molecule has 2 rings (SSSR count). The third-order valence-electron chi connectivity index (χ3n) is 2.51. The first-order chi connectivity index (χ1) is 7.99. The van der Waals surface area contributed by atoms with Crippen molar-refractivity contribution in [3.8, 4) is 11.1 Å². The Hall–Kier alpha value is -1.61. The van der Waals surface area contributed by atoms with Gasteiger partial charge in [-0.15, -0.1) is 0 Å². The van der Waals surface area contributed by atoms with Crippen molar-refractivity contribution < 1.29 is 8.78 Å². The van der Waals surface area contributed by atoms with Crippen molar-refractivity contribution in [1.29, 1.82) is 0 Å². The van der Waals surface area contributed by atoms with Crippen LogP contribution in [0.15, 0.2) is 30.3 Å². The summed E-state index contributed by atoms with van der Waals surface area (Å²) in [6, 6.07) is 6.85. The van der Waals surface area contributed by atoms with Crippen molar-refractivity contribution in [3.63, 3.8) is 0 Å². The van der Waals surface area contributed by atoms with E-state index in [0.29, 0.717) is 0 Å². The van der Waals surface area contributed by atoms with Gasteiger partial charge in [0.15, 0.2) is 0 Å². The number of anilines is 1. The molecule has 0 aliphatic rings. The highest BCUT2D eigenvalue weighted by atomic mass is 35.5. The predicted molar refractivity (Wildman–Crippen MR) is 66.0 cm³/mol. The van der Waals surface area contributed by atoms with E-state index in [1.807, 2.05) is 6.92 Å². The number of aryl methyl sites for hydroxylation is 1. The summed E-state index contributed by atoms with van der Waals surface area (Å²) in [5.74, 6) is -0.996. The van der Waals surface area contributed by atoms with Crippen molar-refractivity contribution in [1.82, 2.24) is 0 Å². The Morgan fingerprint density at radius 1 is 1.06 bits per heavy atom. The SMILES string of the molecule is Cc1ccc(F)c(-c2cc(F)cc(Cl)c2N)c1. The largest absolute Gasteiger partial charge is 0.397 e. The molecule has 0 fully saturated rings. The fraction of sp³-hybridized carbons (Fsp3) is 0.0769.